The van der Waals surface area contributed by atoms with Gasteiger partial charge >= 0.3 is 0 Å². The third-order valence-electron chi connectivity index (χ3n) is 6.78. The highest BCUT2D eigenvalue weighted by Crippen LogP contribution is 2.38. The first kappa shape index (κ1) is 28.1. The van der Waals surface area contributed by atoms with Crippen LogP contribution in [0.25, 0.3) is 0 Å². The normalized spacial score (nSPS) is 17.0. The van der Waals surface area contributed by atoms with Gasteiger partial charge in [0.05, 0.1) is 12.1 Å². The smallest absolute Gasteiger partial charge is 0.217 e. The van der Waals surface area contributed by atoms with Crippen molar-refractivity contribution in [3.63, 3.8) is 0 Å². The average Bonchev–Trinajstić information content (AvgIpc) is 2.80. The van der Waals surface area contributed by atoms with Gasteiger partial charge in [0.15, 0.2) is 11.6 Å². The van der Waals surface area contributed by atoms with Crippen LogP contribution < -0.4 is 10.6 Å². The molecule has 1 amide bonds. The Bertz CT molecular complexity index is 947. The molecule has 188 valence electrons. The minimum Gasteiger partial charge on any atom is -0.505 e. The molecule has 0 unspecified atom stereocenters. The third kappa shape index (κ3) is 7.17. The number of hydrogen-bond donors (Lipinski definition) is 4. The summed E-state index contributed by atoms with van der Waals surface area (Å²) in [5, 5.41) is 27.0. The van der Waals surface area contributed by atoms with Gasteiger partial charge < -0.3 is 20.8 Å². The molecule has 4 N–H and O–H groups in total. The zero-order valence-electron chi connectivity index (χ0n) is 20.3. The van der Waals surface area contributed by atoms with E-state index in [2.05, 4.69) is 48.7 Å². The van der Waals surface area contributed by atoms with Crippen LogP contribution in [0.2, 0.25) is 0 Å². The third-order valence-corrected chi connectivity index (χ3v) is 6.78. The first-order valence-electron chi connectivity index (χ1n) is 12.0. The average molecular weight is 493 g/mol. The number of carbonyl (C=O) groups is 1. The lowest BCUT2D eigenvalue weighted by molar-refractivity contribution is -0.120. The number of phenolic OH excluding ortho intramolecular Hbond substituents is 1. The van der Waals surface area contributed by atoms with E-state index in [0.29, 0.717) is 18.0 Å². The monoisotopic (exact) mass is 492 g/mol. The van der Waals surface area contributed by atoms with Gasteiger partial charge in [0.2, 0.25) is 5.91 Å². The van der Waals surface area contributed by atoms with Crippen molar-refractivity contribution in [3.8, 4) is 5.75 Å². The molecule has 2 aromatic rings. The Morgan fingerprint density at radius 2 is 1.82 bits per heavy atom. The second-order valence-electron chi connectivity index (χ2n) is 9.67. The van der Waals surface area contributed by atoms with Gasteiger partial charge in [-0.15, -0.1) is 12.4 Å². The molecule has 0 heterocycles. The number of aromatic hydroxyl groups is 1. The first-order chi connectivity index (χ1) is 15.7. The van der Waals surface area contributed by atoms with E-state index < -0.39 is 23.7 Å². The van der Waals surface area contributed by atoms with Crippen LogP contribution in [0.4, 0.5) is 4.39 Å². The summed E-state index contributed by atoms with van der Waals surface area (Å²) < 4.78 is 13.8. The van der Waals surface area contributed by atoms with Crippen LogP contribution in [0, 0.1) is 5.82 Å². The fraction of sp³-hybridized carbons (Fsp3) is 0.519. The first-order valence-corrected chi connectivity index (χ1v) is 12.0. The molecule has 1 saturated carbocycles. The van der Waals surface area contributed by atoms with E-state index in [4.69, 9.17) is 0 Å². The second kappa shape index (κ2) is 12.5. The van der Waals surface area contributed by atoms with Gasteiger partial charge in [-0.3, -0.25) is 4.79 Å². The second-order valence-corrected chi connectivity index (χ2v) is 9.67. The standard InChI is InChI=1S/C27H37FN2O3.ClH/c1-18(2)21-8-7-9-22(16-21)27(12-5-4-6-13-27)29-17-26(33)24(30-19(3)31)15-20-10-11-25(32)23(28)14-20;/h7-11,14,16,18,24,26,29,32-33H,4-6,12-13,15,17H2,1-3H3,(H,30,31);1H/t24-,26+;/m0./s1. The van der Waals surface area contributed by atoms with Crippen LogP contribution in [0.1, 0.15) is 75.5 Å². The van der Waals surface area contributed by atoms with Crippen molar-refractivity contribution in [1.82, 2.24) is 10.6 Å². The summed E-state index contributed by atoms with van der Waals surface area (Å²) in [5.41, 5.74) is 2.93. The number of nitrogens with one attached hydrogen (secondary N) is 2. The maximum absolute atomic E-state index is 13.8. The molecule has 0 bridgehead atoms. The molecular formula is C27H38ClFN2O3. The number of hydrogen-bond acceptors (Lipinski definition) is 4. The van der Waals surface area contributed by atoms with Crippen molar-refractivity contribution in [2.45, 2.75) is 82.9 Å². The fourth-order valence-electron chi connectivity index (χ4n) is 4.84. The molecular weight excluding hydrogens is 455 g/mol. The Hall–Kier alpha value is -2.15. The van der Waals surface area contributed by atoms with Crippen LogP contribution in [-0.4, -0.2) is 34.8 Å². The van der Waals surface area contributed by atoms with E-state index in [1.54, 1.807) is 6.07 Å². The molecule has 0 aliphatic heterocycles. The number of benzene rings is 2. The summed E-state index contributed by atoms with van der Waals surface area (Å²) in [6, 6.07) is 12.3. The maximum atomic E-state index is 13.8. The highest BCUT2D eigenvalue weighted by atomic mass is 35.5. The molecule has 3 rings (SSSR count). The van der Waals surface area contributed by atoms with Crippen molar-refractivity contribution < 1.29 is 19.4 Å². The minimum atomic E-state index is -0.863. The molecule has 0 aromatic heterocycles. The Balaban J connectivity index is 0.00000408. The molecule has 34 heavy (non-hydrogen) atoms. The van der Waals surface area contributed by atoms with Gasteiger partial charge in [-0.05, 0) is 54.0 Å². The largest absolute Gasteiger partial charge is 0.505 e. The highest BCUT2D eigenvalue weighted by molar-refractivity contribution is 5.85. The molecule has 0 saturated heterocycles. The number of aliphatic hydroxyl groups is 1. The van der Waals surface area contributed by atoms with Crippen LogP contribution in [0.3, 0.4) is 0 Å². The lowest BCUT2D eigenvalue weighted by Gasteiger charge is -2.40. The molecule has 1 fully saturated rings. The van der Waals surface area contributed by atoms with E-state index in [9.17, 15) is 19.4 Å². The minimum absolute atomic E-state index is 0. The molecule has 7 heteroatoms. The Morgan fingerprint density at radius 3 is 2.44 bits per heavy atom. The van der Waals surface area contributed by atoms with Crippen LogP contribution in [0.5, 0.6) is 5.75 Å². The predicted molar refractivity (Wildman–Crippen MR) is 136 cm³/mol. The topological polar surface area (TPSA) is 81.6 Å². The van der Waals surface area contributed by atoms with E-state index >= 15 is 0 Å². The summed E-state index contributed by atoms with van der Waals surface area (Å²) in [7, 11) is 0. The molecule has 0 spiro atoms. The fourth-order valence-corrected chi connectivity index (χ4v) is 4.84. The van der Waals surface area contributed by atoms with Crippen LogP contribution in [0.15, 0.2) is 42.5 Å². The van der Waals surface area contributed by atoms with Gasteiger partial charge in [-0.25, -0.2) is 4.39 Å². The zero-order valence-corrected chi connectivity index (χ0v) is 21.1. The van der Waals surface area contributed by atoms with Gasteiger partial charge in [0, 0.05) is 19.0 Å². The van der Waals surface area contributed by atoms with E-state index in [0.717, 1.165) is 25.7 Å². The quantitative estimate of drug-likeness (QED) is 0.400. The number of halogens is 2. The number of phenols is 1. The summed E-state index contributed by atoms with van der Waals surface area (Å²) >= 11 is 0. The van der Waals surface area contributed by atoms with E-state index in [1.807, 2.05) is 0 Å². The molecule has 0 radical (unpaired) electrons. The van der Waals surface area contributed by atoms with Crippen molar-refractivity contribution in [3.05, 3.63) is 65.0 Å². The lowest BCUT2D eigenvalue weighted by atomic mass is 9.75. The van der Waals surface area contributed by atoms with Crippen molar-refractivity contribution in [1.29, 1.82) is 0 Å². The molecule has 5 nitrogen and oxygen atoms in total. The predicted octanol–water partition coefficient (Wildman–Crippen LogP) is 4.93. The van der Waals surface area contributed by atoms with Crippen molar-refractivity contribution in [2.75, 3.05) is 6.54 Å². The van der Waals surface area contributed by atoms with Crippen LogP contribution >= 0.6 is 12.4 Å². The number of carbonyl (C=O) groups excluding carboxylic acids is 1. The molecule has 2 aromatic carbocycles. The van der Waals surface area contributed by atoms with Crippen LogP contribution in [-0.2, 0) is 16.8 Å². The van der Waals surface area contributed by atoms with E-state index in [1.165, 1.54) is 36.6 Å². The number of amides is 1. The summed E-state index contributed by atoms with van der Waals surface area (Å²) in [6.07, 6.45) is 4.84. The van der Waals surface area contributed by atoms with Gasteiger partial charge in [0.1, 0.15) is 0 Å². The lowest BCUT2D eigenvalue weighted by Crippen LogP contribution is -2.53. The maximum Gasteiger partial charge on any atom is 0.217 e. The Labute approximate surface area is 208 Å². The van der Waals surface area contributed by atoms with Gasteiger partial charge in [-0.2, -0.15) is 0 Å². The Morgan fingerprint density at radius 1 is 1.12 bits per heavy atom. The summed E-state index contributed by atoms with van der Waals surface area (Å²) in [5.74, 6) is -0.950. The Kier molecular flexibility index (Phi) is 10.3. The summed E-state index contributed by atoms with van der Waals surface area (Å²) in [6.45, 7) is 6.09. The van der Waals surface area contributed by atoms with Gasteiger partial charge in [-0.1, -0.05) is 63.4 Å². The number of aliphatic hydroxyl groups excluding tert-OH is 1. The van der Waals surface area contributed by atoms with Crippen molar-refractivity contribution >= 4 is 18.3 Å². The molecule has 1 aliphatic rings. The summed E-state index contributed by atoms with van der Waals surface area (Å²) in [4.78, 5) is 11.8. The van der Waals surface area contributed by atoms with E-state index in [-0.39, 0.29) is 30.3 Å². The molecule has 2 atom stereocenters. The molecule has 1 aliphatic carbocycles. The number of rotatable bonds is 9. The highest BCUT2D eigenvalue weighted by Gasteiger charge is 2.35. The SMILES string of the molecule is CC(=O)N[C@@H](Cc1ccc(O)c(F)c1)[C@H](O)CNC1(c2cccc(C(C)C)c2)CCCCC1.Cl. The van der Waals surface area contributed by atoms with Crippen molar-refractivity contribution in [2.24, 2.45) is 0 Å². The zero-order chi connectivity index (χ0) is 24.0. The van der Waals surface area contributed by atoms with Gasteiger partial charge in [0.25, 0.3) is 0 Å².